The highest BCUT2D eigenvalue weighted by Gasteiger charge is 2.62. The standard InChI is InChI=1S/C69H81F6N5O14/c1-38(2)48(36-56(84)53(31-40-12-17-46(81)18-13-40)78-58(85)9-7-6-8-30-79-59(86)24-25-60(79)87)64(92)76-39(3)54(82)34-43(35-62(89)90)63(91)77-45-15-10-41(11-16-45)37-94-65(93)80-57-23-19-47-50-21-22-52(66(50,4)28-26-51(47)67(57,5)29-27-61(80)88)55(83)33-42-32-44(68(70,71)72)14-20-49(42)69(73,74)75/h10-18,20,27,29,32,38-39,43,47-48,50-53,57,81H,6-9,19,21-26,28,30-31,33-37H2,1-5H3,(H,76,92)(H,77,91)(H,78,85)(H,89,90)/t39-,43-,47-,48-,50-,51-,52+,53-,57+,66-,67+/m0/s1. The van der Waals surface area contributed by atoms with Crippen LogP contribution in [0.3, 0.4) is 0 Å². The Morgan fingerprint density at radius 1 is 0.723 bits per heavy atom. The van der Waals surface area contributed by atoms with E-state index in [1.807, 2.05) is 19.9 Å². The highest BCUT2D eigenvalue weighted by Crippen LogP contribution is 2.66. The molecule has 0 radical (unpaired) electrons. The first-order valence-electron chi connectivity index (χ1n) is 32.1. The van der Waals surface area contributed by atoms with Crippen LogP contribution in [-0.4, -0.2) is 110 Å². The maximum absolute atomic E-state index is 14.0. The van der Waals surface area contributed by atoms with Gasteiger partial charge in [-0.2, -0.15) is 26.3 Å². The number of Topliss-reactive ketones (excluding diaryl/α,β-unsaturated/α-hetero) is 3. The molecule has 1 saturated heterocycles. The highest BCUT2D eigenvalue weighted by molar-refractivity contribution is 6.02. The molecule has 5 N–H and O–H groups in total. The number of benzene rings is 3. The summed E-state index contributed by atoms with van der Waals surface area (Å²) in [5.74, 6) is -9.79. The number of ether oxygens (including phenoxy) is 1. The van der Waals surface area contributed by atoms with Gasteiger partial charge >= 0.3 is 24.4 Å². The minimum atomic E-state index is -4.98. The highest BCUT2D eigenvalue weighted by atomic mass is 19.4. The number of imide groups is 2. The number of carboxylic acids is 1. The third-order valence-corrected chi connectivity index (χ3v) is 20.3. The van der Waals surface area contributed by atoms with E-state index in [9.17, 15) is 89.3 Å². The second kappa shape index (κ2) is 29.6. The summed E-state index contributed by atoms with van der Waals surface area (Å²) in [7, 11) is 0. The Bertz CT molecular complexity index is 3410. The molecule has 0 spiro atoms. The summed E-state index contributed by atoms with van der Waals surface area (Å²) in [6, 6.07) is 10.2. The number of alkyl halides is 6. The number of aromatic hydroxyl groups is 1. The van der Waals surface area contributed by atoms with Crippen molar-refractivity contribution in [3.05, 3.63) is 107 Å². The van der Waals surface area contributed by atoms with Gasteiger partial charge in [0.25, 0.3) is 5.91 Å². The number of anilines is 1. The molecule has 8 rings (SSSR count). The molecule has 94 heavy (non-hydrogen) atoms. The minimum absolute atomic E-state index is 0.00342. The number of nitrogens with one attached hydrogen (secondary N) is 3. The molecule has 0 unspecified atom stereocenters. The van der Waals surface area contributed by atoms with Gasteiger partial charge in [0, 0.05) is 74.1 Å². The largest absolute Gasteiger partial charge is 0.508 e. The summed E-state index contributed by atoms with van der Waals surface area (Å²) in [6.45, 7) is 8.62. The van der Waals surface area contributed by atoms with Gasteiger partial charge in [-0.05, 0) is 153 Å². The molecule has 2 aliphatic heterocycles. The fourth-order valence-electron chi connectivity index (χ4n) is 15.2. The van der Waals surface area contributed by atoms with Crippen LogP contribution in [0.1, 0.15) is 159 Å². The van der Waals surface area contributed by atoms with Gasteiger partial charge in [0.2, 0.25) is 29.5 Å². The molecule has 2 heterocycles. The SMILES string of the molecule is CC(C)[C@H](CC(=O)[C@H](Cc1ccc(O)cc1)NC(=O)CCCCCN1C(=O)CCC1=O)C(=O)N[C@@H](C)C(=O)C[C@@H](CC(=O)O)C(=O)Nc1ccc(COC(=O)N2C(=O)C=C[C@]3(C)[C@H]4CC[C@]5(C)[C@@H](C(=O)Cc6cc(C(F)(F)F)ccc6C(F)(F)F)CC[C@H]5[C@@H]4CC[C@@H]23)cc1. The first-order chi connectivity index (χ1) is 44.2. The molecule has 508 valence electrons. The summed E-state index contributed by atoms with van der Waals surface area (Å²) >= 11 is 0. The number of ketones is 3. The van der Waals surface area contributed by atoms with Gasteiger partial charge in [0.15, 0.2) is 11.6 Å². The predicted octanol–water partition coefficient (Wildman–Crippen LogP) is 10.7. The van der Waals surface area contributed by atoms with E-state index in [4.69, 9.17) is 4.74 Å². The number of aliphatic carboxylic acids is 1. The summed E-state index contributed by atoms with van der Waals surface area (Å²) in [5, 5.41) is 27.7. The Labute approximate surface area is 540 Å². The van der Waals surface area contributed by atoms with Crippen LogP contribution in [0.15, 0.2) is 78.9 Å². The lowest BCUT2D eigenvalue weighted by atomic mass is 9.47. The van der Waals surface area contributed by atoms with Gasteiger partial charge in [-0.3, -0.25) is 52.8 Å². The van der Waals surface area contributed by atoms with E-state index in [1.54, 1.807) is 26.0 Å². The van der Waals surface area contributed by atoms with Crippen LogP contribution in [0.5, 0.6) is 5.75 Å². The van der Waals surface area contributed by atoms with Crippen LogP contribution < -0.4 is 16.0 Å². The lowest BCUT2D eigenvalue weighted by Crippen LogP contribution is -2.62. The van der Waals surface area contributed by atoms with Crippen LogP contribution in [0.2, 0.25) is 0 Å². The van der Waals surface area contributed by atoms with Gasteiger partial charge in [-0.25, -0.2) is 9.69 Å². The molecule has 3 saturated carbocycles. The van der Waals surface area contributed by atoms with Gasteiger partial charge in [0.05, 0.1) is 41.6 Å². The Morgan fingerprint density at radius 3 is 2.03 bits per heavy atom. The average molecular weight is 1320 g/mol. The zero-order valence-corrected chi connectivity index (χ0v) is 53.2. The Kier molecular flexibility index (Phi) is 22.5. The lowest BCUT2D eigenvalue weighted by molar-refractivity contribution is -0.143. The number of amides is 7. The number of halogens is 6. The number of nitrogens with zero attached hydrogens (tertiary/aromatic N) is 2. The molecule has 11 atom stereocenters. The number of rotatable bonds is 27. The van der Waals surface area contributed by atoms with E-state index in [2.05, 4.69) is 16.0 Å². The number of phenols is 1. The zero-order chi connectivity index (χ0) is 68.8. The summed E-state index contributed by atoms with van der Waals surface area (Å²) in [6.07, 6.45) is -5.43. The number of carbonyl (C=O) groups excluding carboxylic acids is 10. The molecule has 19 nitrogen and oxygen atoms in total. The smallest absolute Gasteiger partial charge is 0.417 e. The van der Waals surface area contributed by atoms with Crippen molar-refractivity contribution < 1.29 is 94.0 Å². The Balaban J connectivity index is 0.825. The van der Waals surface area contributed by atoms with Crippen LogP contribution in [0, 0.1) is 52.3 Å². The first-order valence-corrected chi connectivity index (χ1v) is 32.1. The van der Waals surface area contributed by atoms with Gasteiger partial charge in [-0.1, -0.05) is 64.5 Å². The number of carbonyl (C=O) groups is 11. The minimum Gasteiger partial charge on any atom is -0.508 e. The van der Waals surface area contributed by atoms with Crippen LogP contribution in [0.4, 0.5) is 36.8 Å². The fraction of sp³-hybridized carbons (Fsp3) is 0.551. The predicted molar refractivity (Wildman–Crippen MR) is 327 cm³/mol. The van der Waals surface area contributed by atoms with Crippen molar-refractivity contribution in [2.24, 2.45) is 52.3 Å². The van der Waals surface area contributed by atoms with Gasteiger partial charge < -0.3 is 30.9 Å². The second-order valence-corrected chi connectivity index (χ2v) is 26.8. The molecule has 25 heteroatoms. The van der Waals surface area contributed by atoms with E-state index in [0.29, 0.717) is 87.1 Å². The van der Waals surface area contributed by atoms with Crippen molar-refractivity contribution in [3.63, 3.8) is 0 Å². The molecule has 3 aliphatic carbocycles. The van der Waals surface area contributed by atoms with Crippen LogP contribution >= 0.6 is 0 Å². The maximum atomic E-state index is 14.0. The van der Waals surface area contributed by atoms with Crippen molar-refractivity contribution in [1.29, 1.82) is 0 Å². The van der Waals surface area contributed by atoms with Crippen molar-refractivity contribution in [3.8, 4) is 5.75 Å². The normalized spacial score (nSPS) is 23.9. The number of fused-ring (bicyclic) bond motifs is 5. The molecule has 0 aromatic heterocycles. The van der Waals surface area contributed by atoms with Gasteiger partial charge in [-0.15, -0.1) is 0 Å². The molecular weight excluding hydrogens is 1240 g/mol. The van der Waals surface area contributed by atoms with E-state index in [1.165, 1.54) is 54.3 Å². The fourth-order valence-corrected chi connectivity index (χ4v) is 15.2. The number of likely N-dealkylation sites (tertiary alicyclic amines) is 1. The summed E-state index contributed by atoms with van der Waals surface area (Å²) in [5.41, 5.74) is -3.43. The zero-order valence-electron chi connectivity index (χ0n) is 53.2. The van der Waals surface area contributed by atoms with Crippen molar-refractivity contribution in [1.82, 2.24) is 20.4 Å². The van der Waals surface area contributed by atoms with Crippen molar-refractivity contribution in [2.45, 2.75) is 181 Å². The second-order valence-electron chi connectivity index (χ2n) is 26.8. The molecule has 7 amide bonds. The molecular formula is C69H81F6N5O14. The topological polar surface area (TPSA) is 280 Å². The third kappa shape index (κ3) is 16.8. The monoisotopic (exact) mass is 1320 g/mol. The number of hydrogen-bond acceptors (Lipinski definition) is 13. The average Bonchev–Trinajstić information content (AvgIpc) is 1.18. The van der Waals surface area contributed by atoms with E-state index in [0.717, 1.165) is 4.90 Å². The molecule has 0 bridgehead atoms. The number of unbranched alkanes of at least 4 members (excludes halogenated alkanes) is 2. The van der Waals surface area contributed by atoms with E-state index >= 15 is 0 Å². The third-order valence-electron chi connectivity index (χ3n) is 20.3. The first kappa shape index (κ1) is 71.6. The van der Waals surface area contributed by atoms with E-state index < -0.39 is 154 Å². The molecule has 3 aromatic rings. The van der Waals surface area contributed by atoms with Crippen LogP contribution in [0.25, 0.3) is 0 Å². The summed E-state index contributed by atoms with van der Waals surface area (Å²) < 4.78 is 88.7. The Hall–Kier alpha value is -8.25. The number of phenolic OH excluding ortho intramolecular Hbond substituents is 1. The lowest BCUT2D eigenvalue weighted by Gasteiger charge is -2.60. The van der Waals surface area contributed by atoms with Crippen molar-refractivity contribution in [2.75, 3.05) is 11.9 Å². The Morgan fingerprint density at radius 2 is 1.39 bits per heavy atom. The van der Waals surface area contributed by atoms with Crippen molar-refractivity contribution >= 4 is 70.5 Å². The number of carboxylic acid groups (broad SMARTS) is 1. The molecule has 3 aromatic carbocycles. The van der Waals surface area contributed by atoms with E-state index in [-0.39, 0.29) is 86.3 Å². The molecule has 4 fully saturated rings. The van der Waals surface area contributed by atoms with Gasteiger partial charge in [0.1, 0.15) is 18.1 Å². The number of hydrogen-bond donors (Lipinski definition) is 5. The maximum Gasteiger partial charge on any atom is 0.417 e. The van der Waals surface area contributed by atoms with Crippen LogP contribution in [-0.2, 0) is 84.5 Å². The molecule has 5 aliphatic rings. The quantitative estimate of drug-likeness (QED) is 0.0270. The summed E-state index contributed by atoms with van der Waals surface area (Å²) in [4.78, 5) is 148.